The highest BCUT2D eigenvalue weighted by atomic mass is 16.6. The van der Waals surface area contributed by atoms with Gasteiger partial charge in [0.2, 0.25) is 5.91 Å². The van der Waals surface area contributed by atoms with Crippen molar-refractivity contribution in [1.29, 1.82) is 0 Å². The van der Waals surface area contributed by atoms with Gasteiger partial charge in [-0.3, -0.25) is 14.5 Å². The summed E-state index contributed by atoms with van der Waals surface area (Å²) in [5, 5.41) is 10.3. The fourth-order valence-electron chi connectivity index (χ4n) is 3.89. The van der Waals surface area contributed by atoms with E-state index in [2.05, 4.69) is 20.5 Å². The van der Waals surface area contributed by atoms with E-state index in [1.54, 1.807) is 37.1 Å². The van der Waals surface area contributed by atoms with Crippen molar-refractivity contribution in [3.63, 3.8) is 0 Å². The van der Waals surface area contributed by atoms with Gasteiger partial charge in [0, 0.05) is 33.2 Å². The fourth-order valence-corrected chi connectivity index (χ4v) is 3.89. The molecule has 1 aliphatic rings. The first kappa shape index (κ1) is 22.5. The summed E-state index contributed by atoms with van der Waals surface area (Å²) < 4.78 is 10.6. The van der Waals surface area contributed by atoms with Crippen molar-refractivity contribution >= 4 is 11.8 Å². The van der Waals surface area contributed by atoms with E-state index < -0.39 is 6.04 Å². The van der Waals surface area contributed by atoms with Gasteiger partial charge in [0.1, 0.15) is 29.8 Å². The van der Waals surface area contributed by atoms with Crippen LogP contribution in [0.5, 0.6) is 5.75 Å². The molecular weight excluding hydrogens is 422 g/mol. The van der Waals surface area contributed by atoms with Gasteiger partial charge in [-0.25, -0.2) is 4.63 Å². The molecule has 1 aliphatic heterocycles. The Morgan fingerprint density at radius 3 is 2.58 bits per heavy atom. The standard InChI is InChI=1S/C24H27N5O4/c1-17-20(27-33-26-17)16-32-22-11-7-6-10-19(22)24(31)29-13-12-28(21(15-29)23(30)25-2)14-18-8-4-3-5-9-18/h3-11,21H,12-16H2,1-2H3,(H,25,30)/t21-/m0/s1. The zero-order chi connectivity index (χ0) is 23.2. The Morgan fingerprint density at radius 2 is 1.85 bits per heavy atom. The molecule has 2 aromatic carbocycles. The second-order valence-electron chi connectivity index (χ2n) is 7.92. The Labute approximate surface area is 192 Å². The average Bonchev–Trinajstić information content (AvgIpc) is 3.27. The predicted molar refractivity (Wildman–Crippen MR) is 120 cm³/mol. The Balaban J connectivity index is 1.48. The molecule has 2 heterocycles. The first-order chi connectivity index (χ1) is 16.1. The molecule has 1 fully saturated rings. The van der Waals surface area contributed by atoms with Crippen molar-refractivity contribution in [1.82, 2.24) is 25.4 Å². The summed E-state index contributed by atoms with van der Waals surface area (Å²) in [6.45, 7) is 3.97. The third kappa shape index (κ3) is 5.20. The number of nitrogens with zero attached hydrogens (tertiary/aromatic N) is 4. The Kier molecular flexibility index (Phi) is 6.99. The SMILES string of the molecule is CNC(=O)[C@@H]1CN(C(=O)c2ccccc2OCc2nonc2C)CCN1Cc1ccccc1. The maximum absolute atomic E-state index is 13.4. The maximum atomic E-state index is 13.4. The number of benzene rings is 2. The number of amides is 2. The second kappa shape index (κ2) is 10.3. The van der Waals surface area contributed by atoms with E-state index in [0.717, 1.165) is 5.56 Å². The smallest absolute Gasteiger partial charge is 0.257 e. The number of ether oxygens (including phenoxy) is 1. The van der Waals surface area contributed by atoms with Crippen LogP contribution in [0.4, 0.5) is 0 Å². The minimum Gasteiger partial charge on any atom is -0.486 e. The summed E-state index contributed by atoms with van der Waals surface area (Å²) in [5.74, 6) is 0.170. The van der Waals surface area contributed by atoms with Gasteiger partial charge in [-0.2, -0.15) is 0 Å². The molecule has 0 unspecified atom stereocenters. The quantitative estimate of drug-likeness (QED) is 0.589. The van der Waals surface area contributed by atoms with Gasteiger partial charge in [-0.05, 0) is 24.6 Å². The molecule has 0 aliphatic carbocycles. The number of carbonyl (C=O) groups is 2. The number of para-hydroxylation sites is 1. The van der Waals surface area contributed by atoms with Gasteiger partial charge < -0.3 is 15.0 Å². The third-order valence-corrected chi connectivity index (χ3v) is 5.78. The first-order valence-electron chi connectivity index (χ1n) is 10.9. The number of hydrogen-bond acceptors (Lipinski definition) is 7. The van der Waals surface area contributed by atoms with Crippen molar-refractivity contribution in [3.05, 3.63) is 77.1 Å². The Morgan fingerprint density at radius 1 is 1.09 bits per heavy atom. The van der Waals surface area contributed by atoms with E-state index in [9.17, 15) is 9.59 Å². The van der Waals surface area contributed by atoms with Crippen molar-refractivity contribution in [2.24, 2.45) is 0 Å². The molecule has 0 spiro atoms. The molecule has 0 saturated carbocycles. The van der Waals surface area contributed by atoms with Crippen LogP contribution in [0.15, 0.2) is 59.2 Å². The number of piperazine rings is 1. The molecule has 1 saturated heterocycles. The maximum Gasteiger partial charge on any atom is 0.257 e. The van der Waals surface area contributed by atoms with Crippen LogP contribution >= 0.6 is 0 Å². The molecule has 1 N–H and O–H groups in total. The molecule has 1 atom stereocenters. The molecule has 3 aromatic rings. The van der Waals surface area contributed by atoms with Crippen LogP contribution in [0.1, 0.15) is 27.3 Å². The number of aryl methyl sites for hydroxylation is 1. The monoisotopic (exact) mass is 449 g/mol. The molecule has 172 valence electrons. The van der Waals surface area contributed by atoms with Gasteiger partial charge >= 0.3 is 0 Å². The summed E-state index contributed by atoms with van der Waals surface area (Å²) in [7, 11) is 1.62. The molecular formula is C24H27N5O4. The minimum absolute atomic E-state index is 0.109. The molecule has 2 amide bonds. The van der Waals surface area contributed by atoms with E-state index >= 15 is 0 Å². The van der Waals surface area contributed by atoms with Crippen LogP contribution in [0.3, 0.4) is 0 Å². The number of carbonyl (C=O) groups excluding carboxylic acids is 2. The summed E-state index contributed by atoms with van der Waals surface area (Å²) in [6.07, 6.45) is 0. The summed E-state index contributed by atoms with van der Waals surface area (Å²) in [6, 6.07) is 16.7. The normalized spacial score (nSPS) is 16.4. The van der Waals surface area contributed by atoms with Gasteiger partial charge in [0.15, 0.2) is 0 Å². The fraction of sp³-hybridized carbons (Fsp3) is 0.333. The first-order valence-corrected chi connectivity index (χ1v) is 10.9. The number of hydrogen-bond donors (Lipinski definition) is 1. The number of aromatic nitrogens is 2. The molecule has 9 heteroatoms. The van der Waals surface area contributed by atoms with Crippen LogP contribution < -0.4 is 10.1 Å². The highest BCUT2D eigenvalue weighted by Gasteiger charge is 2.34. The van der Waals surface area contributed by atoms with Gasteiger partial charge in [0.05, 0.1) is 5.56 Å². The lowest BCUT2D eigenvalue weighted by Gasteiger charge is -2.40. The molecule has 4 rings (SSSR count). The molecule has 0 radical (unpaired) electrons. The second-order valence-corrected chi connectivity index (χ2v) is 7.92. The van der Waals surface area contributed by atoms with Crippen molar-refractivity contribution in [3.8, 4) is 5.75 Å². The predicted octanol–water partition coefficient (Wildman–Crippen LogP) is 2.03. The van der Waals surface area contributed by atoms with Crippen LogP contribution in [-0.2, 0) is 17.9 Å². The lowest BCUT2D eigenvalue weighted by Crippen LogP contribution is -2.59. The summed E-state index contributed by atoms with van der Waals surface area (Å²) in [4.78, 5) is 29.9. The summed E-state index contributed by atoms with van der Waals surface area (Å²) >= 11 is 0. The highest BCUT2D eigenvalue weighted by Crippen LogP contribution is 2.23. The Bertz CT molecular complexity index is 1100. The van der Waals surface area contributed by atoms with E-state index in [1.807, 2.05) is 36.4 Å². The largest absolute Gasteiger partial charge is 0.486 e. The Hall–Kier alpha value is -3.72. The van der Waals surface area contributed by atoms with Crippen LogP contribution in [0.2, 0.25) is 0 Å². The summed E-state index contributed by atoms with van der Waals surface area (Å²) in [5.41, 5.74) is 2.79. The zero-order valence-electron chi connectivity index (χ0n) is 18.7. The van der Waals surface area contributed by atoms with Gasteiger partial charge in [0.25, 0.3) is 5.91 Å². The average molecular weight is 450 g/mol. The van der Waals surface area contributed by atoms with Crippen LogP contribution in [-0.4, -0.2) is 64.7 Å². The van der Waals surface area contributed by atoms with E-state index in [-0.39, 0.29) is 18.4 Å². The van der Waals surface area contributed by atoms with E-state index in [0.29, 0.717) is 48.9 Å². The van der Waals surface area contributed by atoms with Gasteiger partial charge in [-0.1, -0.05) is 52.8 Å². The number of nitrogens with one attached hydrogen (secondary N) is 1. The van der Waals surface area contributed by atoms with Crippen molar-refractivity contribution < 1.29 is 19.0 Å². The molecule has 1 aromatic heterocycles. The van der Waals surface area contributed by atoms with Crippen molar-refractivity contribution in [2.75, 3.05) is 26.7 Å². The highest BCUT2D eigenvalue weighted by molar-refractivity contribution is 5.97. The molecule has 33 heavy (non-hydrogen) atoms. The lowest BCUT2D eigenvalue weighted by molar-refractivity contribution is -0.128. The lowest BCUT2D eigenvalue weighted by atomic mass is 10.1. The van der Waals surface area contributed by atoms with E-state index in [4.69, 9.17) is 9.37 Å². The third-order valence-electron chi connectivity index (χ3n) is 5.78. The van der Waals surface area contributed by atoms with Crippen LogP contribution in [0, 0.1) is 6.92 Å². The minimum atomic E-state index is -0.440. The zero-order valence-corrected chi connectivity index (χ0v) is 18.7. The number of rotatable bonds is 7. The van der Waals surface area contributed by atoms with Gasteiger partial charge in [-0.15, -0.1) is 0 Å². The van der Waals surface area contributed by atoms with Crippen molar-refractivity contribution in [2.45, 2.75) is 26.1 Å². The van der Waals surface area contributed by atoms with Crippen LogP contribution in [0.25, 0.3) is 0 Å². The molecule has 0 bridgehead atoms. The number of likely N-dealkylation sites (N-methyl/N-ethyl adjacent to an activating group) is 1. The molecule has 9 nitrogen and oxygen atoms in total. The topological polar surface area (TPSA) is 101 Å². The van der Waals surface area contributed by atoms with E-state index in [1.165, 1.54) is 0 Å².